The van der Waals surface area contributed by atoms with E-state index in [1.165, 1.54) is 0 Å². The molecule has 2 heterocycles. The molecule has 6 nitrogen and oxygen atoms in total. The lowest BCUT2D eigenvalue weighted by Crippen LogP contribution is -2.35. The van der Waals surface area contributed by atoms with Crippen molar-refractivity contribution in [3.63, 3.8) is 0 Å². The molecule has 0 bridgehead atoms. The van der Waals surface area contributed by atoms with Gasteiger partial charge in [-0.25, -0.2) is 0 Å². The van der Waals surface area contributed by atoms with E-state index in [-0.39, 0.29) is 17.9 Å². The fourth-order valence-corrected chi connectivity index (χ4v) is 3.98. The first-order valence-corrected chi connectivity index (χ1v) is 8.99. The molecule has 0 fully saturated rings. The van der Waals surface area contributed by atoms with Gasteiger partial charge in [0, 0.05) is 21.2 Å². The summed E-state index contributed by atoms with van der Waals surface area (Å²) in [5.74, 6) is -0.219. The van der Waals surface area contributed by atoms with Gasteiger partial charge in [0.05, 0.1) is 11.6 Å². The molecular formula is C19H15Cl2N5O. The number of nitrogens with zero attached hydrogens (tertiary/aromatic N) is 2. The van der Waals surface area contributed by atoms with Crippen molar-refractivity contribution in [2.75, 3.05) is 11.1 Å². The van der Waals surface area contributed by atoms with Crippen LogP contribution in [-0.2, 0) is 11.2 Å². The number of rotatable bonds is 2. The van der Waals surface area contributed by atoms with Gasteiger partial charge in [0.25, 0.3) is 0 Å². The Morgan fingerprint density at radius 3 is 2.44 bits per heavy atom. The molecule has 1 aliphatic rings. The monoisotopic (exact) mass is 399 g/mol. The molecule has 0 aliphatic carbocycles. The van der Waals surface area contributed by atoms with Crippen molar-refractivity contribution in [3.05, 3.63) is 75.3 Å². The molecule has 3 aromatic rings. The Balaban J connectivity index is 1.86. The summed E-state index contributed by atoms with van der Waals surface area (Å²) < 4.78 is 1.54. The number of nitrogens with two attached hydrogens (primary N) is 1. The van der Waals surface area contributed by atoms with E-state index in [1.807, 2.05) is 30.3 Å². The first kappa shape index (κ1) is 17.6. The average molecular weight is 400 g/mol. The molecule has 4 rings (SSSR count). The minimum atomic E-state index is -0.594. The summed E-state index contributed by atoms with van der Waals surface area (Å²) in [5.41, 5.74) is 8.25. The van der Waals surface area contributed by atoms with Crippen molar-refractivity contribution < 1.29 is 4.79 Å². The summed E-state index contributed by atoms with van der Waals surface area (Å²) in [6.45, 7) is 0. The highest BCUT2D eigenvalue weighted by atomic mass is 35.5. The van der Waals surface area contributed by atoms with E-state index in [0.29, 0.717) is 32.8 Å². The highest BCUT2D eigenvalue weighted by Crippen LogP contribution is 2.39. The van der Waals surface area contributed by atoms with E-state index in [2.05, 4.69) is 10.3 Å². The number of aromatic nitrogens is 2. The van der Waals surface area contributed by atoms with Crippen molar-refractivity contribution in [3.8, 4) is 5.69 Å². The Labute approximate surface area is 165 Å². The summed E-state index contributed by atoms with van der Waals surface area (Å²) in [7, 11) is 0. The zero-order valence-electron chi connectivity index (χ0n) is 14.0. The van der Waals surface area contributed by atoms with Gasteiger partial charge in [0.2, 0.25) is 11.5 Å². The molecule has 2 aromatic carbocycles. The minimum Gasteiger partial charge on any atom is -0.384 e. The van der Waals surface area contributed by atoms with Crippen molar-refractivity contribution in [1.82, 2.24) is 9.55 Å². The summed E-state index contributed by atoms with van der Waals surface area (Å²) in [6.07, 6.45) is 0.288. The zero-order valence-corrected chi connectivity index (χ0v) is 15.6. The van der Waals surface area contributed by atoms with Crippen molar-refractivity contribution in [2.45, 2.75) is 12.3 Å². The summed E-state index contributed by atoms with van der Waals surface area (Å²) in [6, 6.07) is 14.4. The largest absolute Gasteiger partial charge is 0.384 e. The van der Waals surface area contributed by atoms with E-state index in [1.54, 1.807) is 22.8 Å². The van der Waals surface area contributed by atoms with Gasteiger partial charge in [0.15, 0.2) is 0 Å². The number of nitrogens with one attached hydrogen (secondary N) is 2. The van der Waals surface area contributed by atoms with Crippen molar-refractivity contribution in [2.24, 2.45) is 0 Å². The number of benzene rings is 2. The molecule has 0 saturated carbocycles. The molecule has 1 atom stereocenters. The fraction of sp³-hybridized carbons (Fsp3) is 0.105. The Morgan fingerprint density at radius 2 is 1.78 bits per heavy atom. The number of carbonyl (C=O) groups is 1. The lowest BCUT2D eigenvalue weighted by Gasteiger charge is -2.27. The smallest absolute Gasteiger partial charge is 0.233 e. The summed E-state index contributed by atoms with van der Waals surface area (Å²) >= 11 is 12.6. The van der Waals surface area contributed by atoms with E-state index >= 15 is 0 Å². The van der Waals surface area contributed by atoms with Crippen LogP contribution >= 0.6 is 23.2 Å². The summed E-state index contributed by atoms with van der Waals surface area (Å²) in [5, 5.41) is 11.8. The van der Waals surface area contributed by atoms with Crippen molar-refractivity contribution in [1.29, 1.82) is 5.41 Å². The predicted octanol–water partition coefficient (Wildman–Crippen LogP) is 3.52. The van der Waals surface area contributed by atoms with Crippen LogP contribution in [0.4, 0.5) is 11.6 Å². The third-order valence-corrected chi connectivity index (χ3v) is 5.25. The Morgan fingerprint density at radius 1 is 1.11 bits per heavy atom. The number of nitrogen functional groups attached to an aromatic ring is 1. The molecule has 1 unspecified atom stereocenters. The van der Waals surface area contributed by atoms with Gasteiger partial charge in [-0.15, -0.1) is 0 Å². The molecule has 0 radical (unpaired) electrons. The van der Waals surface area contributed by atoms with E-state index < -0.39 is 5.92 Å². The molecule has 4 N–H and O–H groups in total. The number of hydrogen-bond donors (Lipinski definition) is 3. The molecule has 27 heavy (non-hydrogen) atoms. The van der Waals surface area contributed by atoms with Gasteiger partial charge in [0.1, 0.15) is 11.6 Å². The number of fused-ring (bicyclic) bond motifs is 1. The predicted molar refractivity (Wildman–Crippen MR) is 105 cm³/mol. The van der Waals surface area contributed by atoms with Gasteiger partial charge in [-0.05, 0) is 30.7 Å². The van der Waals surface area contributed by atoms with Gasteiger partial charge >= 0.3 is 0 Å². The first-order chi connectivity index (χ1) is 13.0. The third kappa shape index (κ3) is 2.97. The quantitative estimate of drug-likeness (QED) is 0.614. The highest BCUT2D eigenvalue weighted by molar-refractivity contribution is 6.36. The number of hydrogen-bond acceptors (Lipinski definition) is 4. The molecular weight excluding hydrogens is 385 g/mol. The van der Waals surface area contributed by atoms with Crippen LogP contribution in [0.15, 0.2) is 48.5 Å². The highest BCUT2D eigenvalue weighted by Gasteiger charge is 2.33. The number of amides is 1. The average Bonchev–Trinajstić information content (AvgIpc) is 2.63. The zero-order chi connectivity index (χ0) is 19.1. The van der Waals surface area contributed by atoms with Crippen LogP contribution in [0.5, 0.6) is 0 Å². The number of anilines is 2. The summed E-state index contributed by atoms with van der Waals surface area (Å²) in [4.78, 5) is 16.9. The number of halogens is 2. The fourth-order valence-electron chi connectivity index (χ4n) is 3.31. The second-order valence-electron chi connectivity index (χ2n) is 6.20. The SMILES string of the molecule is N=c1nc2c(c(N)n1-c1ccccc1)CC(c1c(Cl)cccc1Cl)C(=O)N2. The molecule has 8 heteroatoms. The standard InChI is InChI=1S/C19H15Cl2N5O/c20-13-7-4-8-14(21)15(13)11-9-12-16(22)26(10-5-2-1-3-6-10)19(23)25-17(12)24-18(11)27/h1-8,11H,9,22H2,(H2,23,24,25,27). The van der Waals surface area contributed by atoms with Crippen LogP contribution in [0.1, 0.15) is 17.0 Å². The van der Waals surface area contributed by atoms with Gasteiger partial charge in [-0.1, -0.05) is 47.5 Å². The maximum Gasteiger partial charge on any atom is 0.233 e. The topological polar surface area (TPSA) is 96.8 Å². The normalized spacial score (nSPS) is 15.9. The maximum atomic E-state index is 12.7. The lowest BCUT2D eigenvalue weighted by atomic mass is 9.88. The molecule has 0 spiro atoms. The first-order valence-electron chi connectivity index (χ1n) is 8.23. The number of para-hydroxylation sites is 1. The van der Waals surface area contributed by atoms with Crippen LogP contribution in [-0.4, -0.2) is 15.5 Å². The van der Waals surface area contributed by atoms with Crippen LogP contribution in [0.2, 0.25) is 10.0 Å². The molecule has 0 saturated heterocycles. The van der Waals surface area contributed by atoms with E-state index in [0.717, 1.165) is 5.69 Å². The number of carbonyl (C=O) groups excluding carboxylic acids is 1. The third-order valence-electron chi connectivity index (χ3n) is 4.59. The Bertz CT molecular complexity index is 1090. The molecule has 1 aromatic heterocycles. The molecule has 1 aliphatic heterocycles. The lowest BCUT2D eigenvalue weighted by molar-refractivity contribution is -0.117. The van der Waals surface area contributed by atoms with Crippen LogP contribution < -0.4 is 16.7 Å². The van der Waals surface area contributed by atoms with E-state index in [9.17, 15) is 4.79 Å². The van der Waals surface area contributed by atoms with Crippen molar-refractivity contribution >= 4 is 40.7 Å². The Kier molecular flexibility index (Phi) is 4.37. The van der Waals surface area contributed by atoms with Crippen LogP contribution in [0.3, 0.4) is 0 Å². The van der Waals surface area contributed by atoms with Gasteiger partial charge in [-0.3, -0.25) is 14.8 Å². The van der Waals surface area contributed by atoms with Crippen LogP contribution in [0, 0.1) is 5.41 Å². The second-order valence-corrected chi connectivity index (χ2v) is 7.01. The second kappa shape index (κ2) is 6.72. The maximum absolute atomic E-state index is 12.7. The van der Waals surface area contributed by atoms with Gasteiger partial charge < -0.3 is 11.1 Å². The van der Waals surface area contributed by atoms with Gasteiger partial charge in [-0.2, -0.15) is 4.98 Å². The van der Waals surface area contributed by atoms with Crippen LogP contribution in [0.25, 0.3) is 5.69 Å². The Hall–Kier alpha value is -2.83. The van der Waals surface area contributed by atoms with E-state index in [4.69, 9.17) is 34.3 Å². The molecule has 1 amide bonds. The minimum absolute atomic E-state index is 0.0630. The molecule has 136 valence electrons.